The predicted molar refractivity (Wildman–Crippen MR) is 71.9 cm³/mol. The summed E-state index contributed by atoms with van der Waals surface area (Å²) in [7, 11) is 0. The molecule has 1 heterocycles. The monoisotopic (exact) mass is 266 g/mol. The molecule has 1 aliphatic rings. The van der Waals surface area contributed by atoms with Gasteiger partial charge in [0.05, 0.1) is 6.42 Å². The first-order chi connectivity index (χ1) is 8.88. The molecule has 1 aromatic carbocycles. The second-order valence-electron chi connectivity index (χ2n) is 5.58. The molecule has 1 unspecified atom stereocenters. The van der Waals surface area contributed by atoms with E-state index in [0.717, 1.165) is 5.69 Å². The zero-order chi connectivity index (χ0) is 14.0. The van der Waals surface area contributed by atoms with Gasteiger partial charge in [-0.2, -0.15) is 0 Å². The van der Waals surface area contributed by atoms with Crippen molar-refractivity contribution in [1.29, 1.82) is 0 Å². The number of anilines is 1. The molecular formula is C14H19FN2O2. The Hall–Kier alpha value is -1.62. The molecule has 0 aliphatic carbocycles. The van der Waals surface area contributed by atoms with E-state index in [-0.39, 0.29) is 23.8 Å². The van der Waals surface area contributed by atoms with Gasteiger partial charge in [-0.3, -0.25) is 4.79 Å². The quantitative estimate of drug-likeness (QED) is 0.876. The minimum absolute atomic E-state index is 0.0874. The van der Waals surface area contributed by atoms with Crippen molar-refractivity contribution >= 4 is 11.7 Å². The van der Waals surface area contributed by atoms with Crippen LogP contribution in [0.1, 0.15) is 20.3 Å². The summed E-state index contributed by atoms with van der Waals surface area (Å²) in [5.41, 5.74) is 0.788. The van der Waals surface area contributed by atoms with Gasteiger partial charge in [0.1, 0.15) is 5.82 Å². The maximum Gasteiger partial charge on any atom is 0.304 e. The molecule has 2 N–H and O–H groups in total. The molecule has 104 valence electrons. The zero-order valence-electron chi connectivity index (χ0n) is 11.2. The van der Waals surface area contributed by atoms with E-state index in [9.17, 15) is 9.18 Å². The van der Waals surface area contributed by atoms with Crippen LogP contribution in [0.4, 0.5) is 10.1 Å². The third-order valence-electron chi connectivity index (χ3n) is 3.52. The summed E-state index contributed by atoms with van der Waals surface area (Å²) < 4.78 is 13.0. The van der Waals surface area contributed by atoms with E-state index in [1.807, 2.05) is 0 Å². The van der Waals surface area contributed by atoms with Gasteiger partial charge in [-0.1, -0.05) is 0 Å². The third-order valence-corrected chi connectivity index (χ3v) is 3.52. The highest BCUT2D eigenvalue weighted by Gasteiger charge is 2.34. The molecule has 0 aromatic heterocycles. The number of nitrogens with zero attached hydrogens (tertiary/aromatic N) is 1. The first-order valence-corrected chi connectivity index (χ1v) is 6.37. The molecule has 1 atom stereocenters. The Morgan fingerprint density at radius 3 is 2.68 bits per heavy atom. The van der Waals surface area contributed by atoms with Gasteiger partial charge in [-0.25, -0.2) is 4.39 Å². The predicted octanol–water partition coefficient (Wildman–Crippen LogP) is 1.86. The van der Waals surface area contributed by atoms with Crippen LogP contribution in [0, 0.1) is 5.82 Å². The summed E-state index contributed by atoms with van der Waals surface area (Å²) in [4.78, 5) is 12.9. The fraction of sp³-hybridized carbons (Fsp3) is 0.500. The Bertz CT molecular complexity index is 459. The molecule has 1 aromatic rings. The molecule has 1 fully saturated rings. The number of halogens is 1. The first-order valence-electron chi connectivity index (χ1n) is 6.37. The van der Waals surface area contributed by atoms with Crippen LogP contribution in [0.2, 0.25) is 0 Å². The van der Waals surface area contributed by atoms with Crippen molar-refractivity contribution in [2.45, 2.75) is 31.8 Å². The van der Waals surface area contributed by atoms with E-state index in [1.165, 1.54) is 12.1 Å². The van der Waals surface area contributed by atoms with Crippen molar-refractivity contribution < 1.29 is 14.3 Å². The van der Waals surface area contributed by atoms with E-state index in [4.69, 9.17) is 5.11 Å². The fourth-order valence-electron chi connectivity index (χ4n) is 2.45. The van der Waals surface area contributed by atoms with Crippen molar-refractivity contribution in [2.24, 2.45) is 0 Å². The second kappa shape index (κ2) is 5.17. The number of carbonyl (C=O) groups is 1. The normalized spacial score (nSPS) is 22.3. The highest BCUT2D eigenvalue weighted by molar-refractivity contribution is 5.68. The lowest BCUT2D eigenvalue weighted by Gasteiger charge is -2.47. The lowest BCUT2D eigenvalue weighted by atomic mass is 9.95. The fourth-order valence-corrected chi connectivity index (χ4v) is 2.45. The maximum absolute atomic E-state index is 13.0. The Labute approximate surface area is 112 Å². The molecule has 0 bridgehead atoms. The summed E-state index contributed by atoms with van der Waals surface area (Å²) in [6, 6.07) is 6.25. The van der Waals surface area contributed by atoms with E-state index in [2.05, 4.69) is 24.1 Å². The Morgan fingerprint density at radius 2 is 2.11 bits per heavy atom. The molecule has 19 heavy (non-hydrogen) atoms. The Kier molecular flexibility index (Phi) is 3.75. The Morgan fingerprint density at radius 1 is 1.47 bits per heavy atom. The molecular weight excluding hydrogens is 247 g/mol. The highest BCUT2D eigenvalue weighted by Crippen LogP contribution is 2.27. The van der Waals surface area contributed by atoms with Gasteiger partial charge in [-0.15, -0.1) is 0 Å². The molecule has 1 saturated heterocycles. The van der Waals surface area contributed by atoms with Crippen molar-refractivity contribution in [3.8, 4) is 0 Å². The highest BCUT2D eigenvalue weighted by atomic mass is 19.1. The van der Waals surface area contributed by atoms with Crippen molar-refractivity contribution in [3.05, 3.63) is 30.1 Å². The van der Waals surface area contributed by atoms with Crippen LogP contribution in [0.15, 0.2) is 24.3 Å². The van der Waals surface area contributed by atoms with Crippen LogP contribution < -0.4 is 10.2 Å². The minimum Gasteiger partial charge on any atom is -0.481 e. The van der Waals surface area contributed by atoms with Crippen molar-refractivity contribution in [1.82, 2.24) is 5.32 Å². The molecule has 0 saturated carbocycles. The van der Waals surface area contributed by atoms with E-state index >= 15 is 0 Å². The maximum atomic E-state index is 13.0. The SMILES string of the molecule is CC1(C)CNC(CC(=O)O)CN1c1ccc(F)cc1. The van der Waals surface area contributed by atoms with Crippen molar-refractivity contribution in [3.63, 3.8) is 0 Å². The van der Waals surface area contributed by atoms with Gasteiger partial charge in [0.2, 0.25) is 0 Å². The topological polar surface area (TPSA) is 52.6 Å². The standard InChI is InChI=1S/C14H19FN2O2/c1-14(2)9-16-11(7-13(18)19)8-17(14)12-5-3-10(15)4-6-12/h3-6,11,16H,7-9H2,1-2H3,(H,18,19). The van der Waals surface area contributed by atoms with Gasteiger partial charge in [0.15, 0.2) is 0 Å². The zero-order valence-corrected chi connectivity index (χ0v) is 11.2. The Balaban J connectivity index is 2.19. The van der Waals surface area contributed by atoms with E-state index in [0.29, 0.717) is 13.1 Å². The summed E-state index contributed by atoms with van der Waals surface area (Å²) in [6.07, 6.45) is 0.0910. The van der Waals surface area contributed by atoms with Crippen LogP contribution in [-0.2, 0) is 4.79 Å². The van der Waals surface area contributed by atoms with Crippen LogP contribution in [0.3, 0.4) is 0 Å². The molecule has 1 aliphatic heterocycles. The second-order valence-corrected chi connectivity index (χ2v) is 5.58. The number of carboxylic acids is 1. The van der Waals surface area contributed by atoms with Gasteiger partial charge in [-0.05, 0) is 38.1 Å². The number of aliphatic carboxylic acids is 1. The number of carboxylic acid groups (broad SMARTS) is 1. The van der Waals surface area contributed by atoms with Crippen molar-refractivity contribution in [2.75, 3.05) is 18.0 Å². The summed E-state index contributed by atoms with van der Waals surface area (Å²) in [5.74, 6) is -1.07. The third kappa shape index (κ3) is 3.23. The van der Waals surface area contributed by atoms with Gasteiger partial charge >= 0.3 is 5.97 Å². The van der Waals surface area contributed by atoms with Crippen LogP contribution >= 0.6 is 0 Å². The lowest BCUT2D eigenvalue weighted by Crippen LogP contribution is -2.62. The molecule has 0 amide bonds. The van der Waals surface area contributed by atoms with Gasteiger partial charge < -0.3 is 15.3 Å². The minimum atomic E-state index is -0.809. The molecule has 2 rings (SSSR count). The molecule has 5 heteroatoms. The lowest BCUT2D eigenvalue weighted by molar-refractivity contribution is -0.137. The number of benzene rings is 1. The summed E-state index contributed by atoms with van der Waals surface area (Å²) in [6.45, 7) is 5.47. The molecule has 4 nitrogen and oxygen atoms in total. The average molecular weight is 266 g/mol. The van der Waals surface area contributed by atoms with E-state index < -0.39 is 5.97 Å². The number of hydrogen-bond acceptors (Lipinski definition) is 3. The van der Waals surface area contributed by atoms with Gasteiger partial charge in [0, 0.05) is 30.4 Å². The number of nitrogens with one attached hydrogen (secondary N) is 1. The number of piperazine rings is 1. The molecule has 0 radical (unpaired) electrons. The first kappa shape index (κ1) is 13.8. The largest absolute Gasteiger partial charge is 0.481 e. The van der Waals surface area contributed by atoms with Crippen LogP contribution in [0.25, 0.3) is 0 Å². The van der Waals surface area contributed by atoms with Crippen LogP contribution in [-0.4, -0.2) is 35.7 Å². The smallest absolute Gasteiger partial charge is 0.304 e. The molecule has 0 spiro atoms. The van der Waals surface area contributed by atoms with Gasteiger partial charge in [0.25, 0.3) is 0 Å². The number of hydrogen-bond donors (Lipinski definition) is 2. The van der Waals surface area contributed by atoms with E-state index in [1.54, 1.807) is 12.1 Å². The number of rotatable bonds is 3. The summed E-state index contributed by atoms with van der Waals surface area (Å²) in [5, 5.41) is 12.1. The summed E-state index contributed by atoms with van der Waals surface area (Å²) >= 11 is 0. The average Bonchev–Trinajstić information content (AvgIpc) is 2.32. The van der Waals surface area contributed by atoms with Crippen LogP contribution in [0.5, 0.6) is 0 Å².